The lowest BCUT2D eigenvalue weighted by molar-refractivity contribution is -0.165. The Balaban J connectivity index is 3.00. The highest BCUT2D eigenvalue weighted by Crippen LogP contribution is 2.30. The Morgan fingerprint density at radius 1 is 1.73 bits per heavy atom. The summed E-state index contributed by atoms with van der Waals surface area (Å²) >= 11 is 0.477. The number of nitrogens with zero attached hydrogens (tertiary/aromatic N) is 1. The maximum absolute atomic E-state index is 12.5. The average molecular weight is 179 g/mol. The van der Waals surface area contributed by atoms with Gasteiger partial charge in [-0.25, -0.2) is 9.17 Å². The Hall–Kier alpha value is -1.04. The van der Waals surface area contributed by atoms with Gasteiger partial charge in [0.25, 0.3) is 0 Å². The summed E-state index contributed by atoms with van der Waals surface area (Å²) in [7, 11) is 0. The highest BCUT2D eigenvalue weighted by molar-refractivity contribution is 7.06. The van der Waals surface area contributed by atoms with Gasteiger partial charge in [0.1, 0.15) is 4.88 Å². The second-order valence-electron chi connectivity index (χ2n) is 1.76. The van der Waals surface area contributed by atoms with Crippen LogP contribution in [0.2, 0.25) is 0 Å². The summed E-state index contributed by atoms with van der Waals surface area (Å²) in [6.45, 7) is 0. The summed E-state index contributed by atoms with van der Waals surface area (Å²) in [5.41, 5.74) is 0. The average Bonchev–Trinajstić information content (AvgIpc) is 2.37. The van der Waals surface area contributed by atoms with E-state index in [4.69, 9.17) is 5.11 Å². The predicted octanol–water partition coefficient (Wildman–Crippen LogP) is 1.32. The molecule has 0 fully saturated rings. The third kappa shape index (κ3) is 1.35. The fraction of sp³-hybridized carbons (Fsp3) is 0.200. The third-order valence-corrected chi connectivity index (χ3v) is 1.83. The van der Waals surface area contributed by atoms with Crippen molar-refractivity contribution < 1.29 is 18.7 Å². The Labute approximate surface area is 64.4 Å². The summed E-state index contributed by atoms with van der Waals surface area (Å²) in [4.78, 5) is 9.40. The van der Waals surface area contributed by atoms with E-state index in [1.165, 1.54) is 0 Å². The van der Waals surface area contributed by atoms with Crippen molar-refractivity contribution in [3.63, 3.8) is 0 Å². The summed E-state index contributed by atoms with van der Waals surface area (Å²) in [6.07, 6.45) is 1.14. The molecule has 0 aliphatic rings. The molecule has 1 aromatic rings. The van der Waals surface area contributed by atoms with E-state index in [1.54, 1.807) is 0 Å². The molecule has 0 atom stereocenters. The first-order valence-electron chi connectivity index (χ1n) is 2.57. The molecule has 0 saturated heterocycles. The molecule has 0 aromatic carbocycles. The maximum atomic E-state index is 12.5. The first kappa shape index (κ1) is 8.06. The number of aromatic nitrogens is 1. The van der Waals surface area contributed by atoms with Crippen LogP contribution in [0, 0.1) is 0 Å². The number of carboxylic acid groups (broad SMARTS) is 1. The summed E-state index contributed by atoms with van der Waals surface area (Å²) in [5.74, 6) is -5.96. The lowest BCUT2D eigenvalue weighted by Crippen LogP contribution is -2.23. The molecule has 0 bridgehead atoms. The summed E-state index contributed by atoms with van der Waals surface area (Å²) < 4.78 is 28.3. The Bertz CT molecular complexity index is 259. The van der Waals surface area contributed by atoms with Crippen LogP contribution in [0.1, 0.15) is 4.88 Å². The molecule has 0 saturated carbocycles. The molecule has 0 unspecified atom stereocenters. The van der Waals surface area contributed by atoms with Gasteiger partial charge in [-0.1, -0.05) is 0 Å². The van der Waals surface area contributed by atoms with E-state index in [9.17, 15) is 13.6 Å². The lowest BCUT2D eigenvalue weighted by atomic mass is 10.3. The maximum Gasteiger partial charge on any atom is 0.380 e. The number of hydrogen-bond donors (Lipinski definition) is 1. The van der Waals surface area contributed by atoms with Crippen LogP contribution in [-0.2, 0) is 10.7 Å². The van der Waals surface area contributed by atoms with Gasteiger partial charge in [0.2, 0.25) is 0 Å². The van der Waals surface area contributed by atoms with Crippen LogP contribution in [0.15, 0.2) is 12.3 Å². The van der Waals surface area contributed by atoms with Crippen molar-refractivity contribution >= 4 is 17.5 Å². The van der Waals surface area contributed by atoms with E-state index in [1.807, 2.05) is 0 Å². The molecular formula is C5H3F2NO2S. The number of aliphatic carboxylic acids is 1. The van der Waals surface area contributed by atoms with E-state index in [0.717, 1.165) is 12.3 Å². The minimum atomic E-state index is -3.80. The van der Waals surface area contributed by atoms with Crippen LogP contribution >= 0.6 is 11.5 Å². The number of hydrogen-bond acceptors (Lipinski definition) is 3. The second kappa shape index (κ2) is 2.54. The number of carboxylic acids is 1. The quantitative estimate of drug-likeness (QED) is 0.744. The van der Waals surface area contributed by atoms with Crippen LogP contribution in [0.25, 0.3) is 0 Å². The number of alkyl halides is 2. The Kier molecular flexibility index (Phi) is 1.86. The van der Waals surface area contributed by atoms with Crippen LogP contribution in [0.3, 0.4) is 0 Å². The molecule has 0 aliphatic heterocycles. The van der Waals surface area contributed by atoms with Gasteiger partial charge >= 0.3 is 11.9 Å². The zero-order valence-corrected chi connectivity index (χ0v) is 5.94. The normalized spacial score (nSPS) is 11.5. The van der Waals surface area contributed by atoms with Gasteiger partial charge < -0.3 is 5.11 Å². The van der Waals surface area contributed by atoms with Gasteiger partial charge in [0.05, 0.1) is 0 Å². The van der Waals surface area contributed by atoms with Crippen LogP contribution in [0.4, 0.5) is 8.78 Å². The van der Waals surface area contributed by atoms with E-state index >= 15 is 0 Å². The van der Waals surface area contributed by atoms with Gasteiger partial charge in [0, 0.05) is 6.20 Å². The van der Waals surface area contributed by atoms with Crippen molar-refractivity contribution in [3.05, 3.63) is 17.1 Å². The van der Waals surface area contributed by atoms with Crippen molar-refractivity contribution in [2.24, 2.45) is 0 Å². The van der Waals surface area contributed by atoms with Crippen molar-refractivity contribution in [3.8, 4) is 0 Å². The highest BCUT2D eigenvalue weighted by atomic mass is 32.1. The summed E-state index contributed by atoms with van der Waals surface area (Å²) in [5, 5.41) is 8.04. The SMILES string of the molecule is O=C(O)C(F)(F)c1ccns1. The molecule has 0 radical (unpaired) electrons. The van der Waals surface area contributed by atoms with Crippen molar-refractivity contribution in [1.29, 1.82) is 0 Å². The lowest BCUT2D eigenvalue weighted by Gasteiger charge is -2.05. The Morgan fingerprint density at radius 2 is 2.36 bits per heavy atom. The first-order chi connectivity index (χ1) is 5.05. The van der Waals surface area contributed by atoms with Gasteiger partial charge in [-0.3, -0.25) is 0 Å². The van der Waals surface area contributed by atoms with Gasteiger partial charge in [-0.15, -0.1) is 0 Å². The standard InChI is InChI=1S/C5H3F2NO2S/c6-5(7,4(9)10)3-1-2-8-11-3/h1-2H,(H,9,10). The molecule has 0 amide bonds. The molecule has 60 valence electrons. The monoisotopic (exact) mass is 179 g/mol. The third-order valence-electron chi connectivity index (χ3n) is 1.02. The van der Waals surface area contributed by atoms with Crippen molar-refractivity contribution in [1.82, 2.24) is 4.37 Å². The van der Waals surface area contributed by atoms with Crippen LogP contribution < -0.4 is 0 Å². The van der Waals surface area contributed by atoms with E-state index in [-0.39, 0.29) is 0 Å². The first-order valence-corrected chi connectivity index (χ1v) is 3.35. The Morgan fingerprint density at radius 3 is 2.73 bits per heavy atom. The fourth-order valence-corrected chi connectivity index (χ4v) is 1.04. The van der Waals surface area contributed by atoms with Gasteiger partial charge in [0.15, 0.2) is 0 Å². The molecule has 0 aliphatic carbocycles. The molecular weight excluding hydrogens is 176 g/mol. The molecule has 1 rings (SSSR count). The zero-order chi connectivity index (χ0) is 8.48. The van der Waals surface area contributed by atoms with Crippen LogP contribution in [0.5, 0.6) is 0 Å². The molecule has 11 heavy (non-hydrogen) atoms. The smallest absolute Gasteiger partial charge is 0.380 e. The van der Waals surface area contributed by atoms with Crippen molar-refractivity contribution in [2.45, 2.75) is 5.92 Å². The van der Waals surface area contributed by atoms with E-state index in [0.29, 0.717) is 11.5 Å². The largest absolute Gasteiger partial charge is 0.477 e. The van der Waals surface area contributed by atoms with Gasteiger partial charge in [-0.2, -0.15) is 8.78 Å². The number of rotatable bonds is 2. The topological polar surface area (TPSA) is 50.2 Å². The minimum absolute atomic E-state index is 0.477. The van der Waals surface area contributed by atoms with Crippen LogP contribution in [-0.4, -0.2) is 15.4 Å². The second-order valence-corrected chi connectivity index (χ2v) is 2.59. The molecule has 6 heteroatoms. The van der Waals surface area contributed by atoms with E-state index < -0.39 is 16.8 Å². The molecule has 0 spiro atoms. The highest BCUT2D eigenvalue weighted by Gasteiger charge is 2.42. The van der Waals surface area contributed by atoms with Gasteiger partial charge in [-0.05, 0) is 17.6 Å². The number of carbonyl (C=O) groups is 1. The molecule has 1 aromatic heterocycles. The summed E-state index contributed by atoms with van der Waals surface area (Å²) in [6, 6.07) is 0.985. The molecule has 3 nitrogen and oxygen atoms in total. The molecule has 1 N–H and O–H groups in total. The fourth-order valence-electron chi connectivity index (χ4n) is 0.483. The predicted molar refractivity (Wildman–Crippen MR) is 33.6 cm³/mol. The van der Waals surface area contributed by atoms with Crippen molar-refractivity contribution in [2.75, 3.05) is 0 Å². The number of halogens is 2. The zero-order valence-electron chi connectivity index (χ0n) is 5.12. The molecule has 1 heterocycles. The van der Waals surface area contributed by atoms with E-state index in [2.05, 4.69) is 4.37 Å². The minimum Gasteiger partial charge on any atom is -0.477 e.